The number of aliphatic hydroxyl groups is 1. The van der Waals surface area contributed by atoms with Gasteiger partial charge in [-0.25, -0.2) is 17.2 Å². The molecule has 3 aromatic rings. The SMILES string of the molecule is O=C(Nc1cc(N2CCC(F)(F)CC2)c2[nH]ccc2c1)c1ccc(NS(=O)(=O)CCO)cc1N1CCC2(CC1)CC2. The molecule has 3 aliphatic rings. The van der Waals surface area contributed by atoms with Crippen LogP contribution in [-0.2, 0) is 10.0 Å². The first kappa shape index (κ1) is 27.8. The van der Waals surface area contributed by atoms with Gasteiger partial charge in [-0.3, -0.25) is 9.52 Å². The molecule has 3 fully saturated rings. The predicted octanol–water partition coefficient (Wildman–Crippen LogP) is 4.77. The number of anilines is 4. The fraction of sp³-hybridized carbons (Fsp3) is 0.483. The Morgan fingerprint density at radius 1 is 0.902 bits per heavy atom. The number of aromatic amines is 1. The van der Waals surface area contributed by atoms with Crippen LogP contribution in [0.1, 0.15) is 48.9 Å². The van der Waals surface area contributed by atoms with Crippen molar-refractivity contribution in [1.82, 2.24) is 4.98 Å². The van der Waals surface area contributed by atoms with Gasteiger partial charge in [-0.1, -0.05) is 0 Å². The molecule has 0 unspecified atom stereocenters. The molecule has 2 saturated heterocycles. The number of aromatic nitrogens is 1. The molecule has 1 saturated carbocycles. The lowest BCUT2D eigenvalue weighted by Gasteiger charge is -2.35. The van der Waals surface area contributed by atoms with E-state index in [0.29, 0.717) is 28.0 Å². The highest BCUT2D eigenvalue weighted by Crippen LogP contribution is 2.54. The first-order valence-corrected chi connectivity index (χ1v) is 15.8. The lowest BCUT2D eigenvalue weighted by Crippen LogP contribution is -2.39. The average Bonchev–Trinajstić information content (AvgIpc) is 3.50. The van der Waals surface area contributed by atoms with Crippen LogP contribution >= 0.6 is 0 Å². The number of nitrogens with one attached hydrogen (secondary N) is 3. The summed E-state index contributed by atoms with van der Waals surface area (Å²) >= 11 is 0. The van der Waals surface area contributed by atoms with Gasteiger partial charge in [0, 0.05) is 56.3 Å². The van der Waals surface area contributed by atoms with E-state index in [1.165, 1.54) is 12.8 Å². The maximum Gasteiger partial charge on any atom is 0.257 e. The second-order valence-electron chi connectivity index (χ2n) is 11.6. The number of amides is 1. The number of piperidine rings is 2. The van der Waals surface area contributed by atoms with Gasteiger partial charge in [0.1, 0.15) is 0 Å². The summed E-state index contributed by atoms with van der Waals surface area (Å²) in [4.78, 5) is 21.0. The number of hydrogen-bond acceptors (Lipinski definition) is 6. The van der Waals surface area contributed by atoms with Gasteiger partial charge in [0.25, 0.3) is 11.8 Å². The minimum Gasteiger partial charge on any atom is -0.395 e. The van der Waals surface area contributed by atoms with E-state index in [2.05, 4.69) is 19.9 Å². The first-order valence-electron chi connectivity index (χ1n) is 14.1. The van der Waals surface area contributed by atoms with Crippen LogP contribution in [0, 0.1) is 5.41 Å². The van der Waals surface area contributed by atoms with Gasteiger partial charge in [-0.05, 0) is 67.5 Å². The molecular formula is C29H35F2N5O4S. The summed E-state index contributed by atoms with van der Waals surface area (Å²) in [6.07, 6.45) is 5.85. The number of nitrogens with zero attached hydrogens (tertiary/aromatic N) is 2. The molecule has 0 radical (unpaired) electrons. The summed E-state index contributed by atoms with van der Waals surface area (Å²) in [6.45, 7) is 1.47. The molecule has 12 heteroatoms. The van der Waals surface area contributed by atoms with Gasteiger partial charge in [0.2, 0.25) is 10.0 Å². The zero-order chi connectivity index (χ0) is 28.8. The van der Waals surface area contributed by atoms with E-state index in [-0.39, 0.29) is 31.8 Å². The number of alkyl halides is 2. The topological polar surface area (TPSA) is 118 Å². The zero-order valence-electron chi connectivity index (χ0n) is 22.8. The Morgan fingerprint density at radius 2 is 1.56 bits per heavy atom. The van der Waals surface area contributed by atoms with E-state index in [0.717, 1.165) is 42.5 Å². The van der Waals surface area contributed by atoms with Gasteiger partial charge >= 0.3 is 0 Å². The van der Waals surface area contributed by atoms with Crippen LogP contribution in [0.2, 0.25) is 0 Å². The third kappa shape index (κ3) is 5.99. The van der Waals surface area contributed by atoms with Gasteiger partial charge < -0.3 is 25.2 Å². The number of carbonyl (C=O) groups excluding carboxylic acids is 1. The summed E-state index contributed by atoms with van der Waals surface area (Å²) in [5.41, 5.74) is 3.94. The van der Waals surface area contributed by atoms with Gasteiger partial charge in [0.15, 0.2) is 0 Å². The van der Waals surface area contributed by atoms with Crippen molar-refractivity contribution >= 4 is 49.6 Å². The van der Waals surface area contributed by atoms with Gasteiger partial charge in [0.05, 0.1) is 40.5 Å². The lowest BCUT2D eigenvalue weighted by atomic mass is 9.93. The van der Waals surface area contributed by atoms with Gasteiger partial charge in [-0.15, -0.1) is 0 Å². The van der Waals surface area contributed by atoms with Crippen molar-refractivity contribution in [3.63, 3.8) is 0 Å². The van der Waals surface area contributed by atoms with Crippen molar-refractivity contribution < 1.29 is 27.1 Å². The van der Waals surface area contributed by atoms with Crippen LogP contribution in [0.5, 0.6) is 0 Å². The summed E-state index contributed by atoms with van der Waals surface area (Å²) < 4.78 is 54.8. The molecule has 41 heavy (non-hydrogen) atoms. The third-order valence-corrected chi connectivity index (χ3v) is 10.00. The maximum absolute atomic E-state index is 13.8. The number of hydrogen-bond donors (Lipinski definition) is 4. The molecular weight excluding hydrogens is 552 g/mol. The normalized spacial score (nSPS) is 19.9. The monoisotopic (exact) mass is 587 g/mol. The number of H-pyrrole nitrogens is 1. The first-order chi connectivity index (χ1) is 19.6. The number of fused-ring (bicyclic) bond motifs is 1. The van der Waals surface area contributed by atoms with Crippen molar-refractivity contribution in [2.45, 2.75) is 44.4 Å². The number of carbonyl (C=O) groups is 1. The highest BCUT2D eigenvalue weighted by molar-refractivity contribution is 7.92. The maximum atomic E-state index is 13.8. The van der Waals surface area contributed by atoms with Crippen molar-refractivity contribution in [3.05, 3.63) is 48.2 Å². The highest BCUT2D eigenvalue weighted by atomic mass is 32.2. The molecule has 220 valence electrons. The molecule has 6 rings (SSSR count). The number of halogens is 2. The molecule has 0 bridgehead atoms. The smallest absolute Gasteiger partial charge is 0.257 e. The average molecular weight is 588 g/mol. The van der Waals surface area contributed by atoms with E-state index in [1.807, 2.05) is 23.1 Å². The van der Waals surface area contributed by atoms with E-state index in [9.17, 15) is 22.0 Å². The quantitative estimate of drug-likeness (QED) is 0.302. The summed E-state index contributed by atoms with van der Waals surface area (Å²) in [6, 6.07) is 10.4. The Bertz CT molecular complexity index is 1550. The number of sulfonamides is 1. The number of aliphatic hydroxyl groups excluding tert-OH is 1. The summed E-state index contributed by atoms with van der Waals surface area (Å²) in [7, 11) is -3.73. The molecule has 1 amide bonds. The van der Waals surface area contributed by atoms with Crippen LogP contribution < -0.4 is 19.8 Å². The Balaban J connectivity index is 1.29. The van der Waals surface area contributed by atoms with Crippen LogP contribution in [-0.4, -0.2) is 68.9 Å². The largest absolute Gasteiger partial charge is 0.395 e. The number of rotatable bonds is 8. The van der Waals surface area contributed by atoms with E-state index >= 15 is 0 Å². The van der Waals surface area contributed by atoms with Crippen LogP contribution in [0.4, 0.5) is 31.5 Å². The van der Waals surface area contributed by atoms with Crippen molar-refractivity contribution in [3.8, 4) is 0 Å². The lowest BCUT2D eigenvalue weighted by molar-refractivity contribution is -0.0220. The Hall–Kier alpha value is -3.38. The van der Waals surface area contributed by atoms with E-state index < -0.39 is 28.3 Å². The van der Waals surface area contributed by atoms with Crippen LogP contribution in [0.15, 0.2) is 42.6 Å². The van der Waals surface area contributed by atoms with Crippen LogP contribution in [0.3, 0.4) is 0 Å². The van der Waals surface area contributed by atoms with Crippen LogP contribution in [0.25, 0.3) is 10.9 Å². The molecule has 2 aromatic carbocycles. The van der Waals surface area contributed by atoms with Crippen molar-refractivity contribution in [2.24, 2.45) is 5.41 Å². The third-order valence-electron chi connectivity index (χ3n) is 8.73. The fourth-order valence-electron chi connectivity index (χ4n) is 6.05. The molecule has 9 nitrogen and oxygen atoms in total. The Morgan fingerprint density at radius 3 is 2.24 bits per heavy atom. The molecule has 3 heterocycles. The molecule has 4 N–H and O–H groups in total. The molecule has 1 aliphatic carbocycles. The molecule has 2 aliphatic heterocycles. The van der Waals surface area contributed by atoms with E-state index in [1.54, 1.807) is 24.4 Å². The fourth-order valence-corrected chi connectivity index (χ4v) is 6.87. The molecule has 0 atom stereocenters. The standard InChI is InChI=1S/C29H35F2N5O4S/c30-29(31)8-13-36(14-9-29)25-19-22(17-20-3-10-32-26(20)25)33-27(38)23-2-1-21(34-41(39,40)16-15-37)18-24(23)35-11-6-28(4-5-28)7-12-35/h1-3,10,17-19,32,34,37H,4-9,11-16H2,(H,33,38). The van der Waals surface area contributed by atoms with Gasteiger partial charge in [-0.2, -0.15) is 0 Å². The highest BCUT2D eigenvalue weighted by Gasteiger charge is 2.44. The zero-order valence-corrected chi connectivity index (χ0v) is 23.6. The predicted molar refractivity (Wildman–Crippen MR) is 157 cm³/mol. The minimum atomic E-state index is -3.73. The number of benzene rings is 2. The van der Waals surface area contributed by atoms with E-state index in [4.69, 9.17) is 5.11 Å². The summed E-state index contributed by atoms with van der Waals surface area (Å²) in [5, 5.41) is 13.0. The Labute approximate surface area is 238 Å². The molecule has 1 aromatic heterocycles. The second-order valence-corrected chi connectivity index (χ2v) is 13.4. The van der Waals surface area contributed by atoms with Crippen molar-refractivity contribution in [2.75, 3.05) is 58.4 Å². The molecule has 1 spiro atoms. The summed E-state index contributed by atoms with van der Waals surface area (Å²) in [5.74, 6) is -3.43. The van der Waals surface area contributed by atoms with Crippen molar-refractivity contribution in [1.29, 1.82) is 0 Å². The Kier molecular flexibility index (Phi) is 7.09. The minimum absolute atomic E-state index is 0.215. The second kappa shape index (κ2) is 10.5.